The second-order valence-electron chi connectivity index (χ2n) is 4.60. The monoisotopic (exact) mass is 279 g/mol. The molecular formula is C14H17NO3S. The van der Waals surface area contributed by atoms with Gasteiger partial charge in [0.1, 0.15) is 0 Å². The lowest BCUT2D eigenvalue weighted by atomic mass is 10.3. The number of carbonyl (C=O) groups is 2. The summed E-state index contributed by atoms with van der Waals surface area (Å²) in [5.41, 5.74) is 0. The molecule has 1 fully saturated rings. The van der Waals surface area contributed by atoms with E-state index in [1.165, 1.54) is 17.4 Å². The van der Waals surface area contributed by atoms with Crippen molar-refractivity contribution in [3.8, 4) is 0 Å². The van der Waals surface area contributed by atoms with E-state index in [9.17, 15) is 9.59 Å². The van der Waals surface area contributed by atoms with Gasteiger partial charge >= 0.3 is 5.97 Å². The van der Waals surface area contributed by atoms with Gasteiger partial charge in [-0.3, -0.25) is 4.79 Å². The van der Waals surface area contributed by atoms with E-state index in [0.717, 1.165) is 36.8 Å². The van der Waals surface area contributed by atoms with E-state index in [0.29, 0.717) is 10.9 Å². The molecule has 1 aliphatic carbocycles. The van der Waals surface area contributed by atoms with Crippen LogP contribution in [0.1, 0.15) is 40.7 Å². The Morgan fingerprint density at radius 3 is 2.79 bits per heavy atom. The number of hydrogen-bond acceptors (Lipinski definition) is 3. The predicted octanol–water partition coefficient (Wildman–Crippen LogP) is 2.86. The molecule has 5 heteroatoms. The van der Waals surface area contributed by atoms with E-state index in [2.05, 4.69) is 6.92 Å². The lowest BCUT2D eigenvalue weighted by molar-refractivity contribution is -0.131. The molecule has 0 radical (unpaired) electrons. The highest BCUT2D eigenvalue weighted by Crippen LogP contribution is 2.30. The summed E-state index contributed by atoms with van der Waals surface area (Å²) >= 11 is 1.34. The van der Waals surface area contributed by atoms with Crippen LogP contribution >= 0.6 is 11.3 Å². The number of nitrogens with zero attached hydrogens (tertiary/aromatic N) is 1. The van der Waals surface area contributed by atoms with Crippen molar-refractivity contribution in [3.63, 3.8) is 0 Å². The predicted molar refractivity (Wildman–Crippen MR) is 75.3 cm³/mol. The molecule has 1 aliphatic rings. The second kappa shape index (κ2) is 6.02. The summed E-state index contributed by atoms with van der Waals surface area (Å²) in [6, 6.07) is 3.97. The van der Waals surface area contributed by atoms with Gasteiger partial charge in [0, 0.05) is 23.5 Å². The number of aliphatic carboxylic acids is 1. The average molecular weight is 279 g/mol. The van der Waals surface area contributed by atoms with Gasteiger partial charge in [-0.1, -0.05) is 6.92 Å². The van der Waals surface area contributed by atoms with E-state index >= 15 is 0 Å². The van der Waals surface area contributed by atoms with Crippen LogP contribution in [-0.2, 0) is 4.79 Å². The number of amides is 1. The van der Waals surface area contributed by atoms with Gasteiger partial charge in [0.2, 0.25) is 0 Å². The van der Waals surface area contributed by atoms with Crippen molar-refractivity contribution < 1.29 is 14.7 Å². The second-order valence-corrected chi connectivity index (χ2v) is 5.72. The quantitative estimate of drug-likeness (QED) is 0.815. The van der Waals surface area contributed by atoms with Crippen LogP contribution in [0.2, 0.25) is 0 Å². The van der Waals surface area contributed by atoms with Crippen LogP contribution < -0.4 is 0 Å². The molecule has 0 spiro atoms. The number of hydrogen-bond donors (Lipinski definition) is 1. The van der Waals surface area contributed by atoms with Crippen molar-refractivity contribution in [2.24, 2.45) is 0 Å². The Balaban J connectivity index is 2.08. The molecule has 1 heterocycles. The number of carboxylic acid groups (broad SMARTS) is 1. The lowest BCUT2D eigenvalue weighted by Crippen LogP contribution is -2.33. The topological polar surface area (TPSA) is 57.6 Å². The maximum Gasteiger partial charge on any atom is 0.328 e. The van der Waals surface area contributed by atoms with E-state index < -0.39 is 5.97 Å². The Kier molecular flexibility index (Phi) is 4.37. The SMILES string of the molecule is CCCN(C(=O)c1ccc(C=CC(=O)O)s1)C1CC1. The minimum Gasteiger partial charge on any atom is -0.478 e. The Labute approximate surface area is 116 Å². The highest BCUT2D eigenvalue weighted by molar-refractivity contribution is 7.14. The van der Waals surface area contributed by atoms with Crippen LogP contribution in [0.3, 0.4) is 0 Å². The Hall–Kier alpha value is -1.62. The zero-order valence-electron chi connectivity index (χ0n) is 10.8. The van der Waals surface area contributed by atoms with Crippen LogP contribution in [0.25, 0.3) is 6.08 Å². The molecule has 0 unspecified atom stereocenters. The molecule has 0 bridgehead atoms. The van der Waals surface area contributed by atoms with E-state index in [1.807, 2.05) is 4.90 Å². The van der Waals surface area contributed by atoms with Gasteiger partial charge in [0.15, 0.2) is 0 Å². The summed E-state index contributed by atoms with van der Waals surface area (Å²) in [5.74, 6) is -0.906. The Morgan fingerprint density at radius 2 is 2.21 bits per heavy atom. The molecule has 4 nitrogen and oxygen atoms in total. The maximum absolute atomic E-state index is 12.4. The first-order valence-electron chi connectivity index (χ1n) is 6.43. The number of thiophene rings is 1. The van der Waals surface area contributed by atoms with Crippen molar-refractivity contribution in [1.29, 1.82) is 0 Å². The fraction of sp³-hybridized carbons (Fsp3) is 0.429. The molecule has 1 amide bonds. The molecule has 2 rings (SSSR count). The Bertz CT molecular complexity index is 503. The van der Waals surface area contributed by atoms with Crippen molar-refractivity contribution in [1.82, 2.24) is 4.90 Å². The number of rotatable bonds is 6. The molecular weight excluding hydrogens is 262 g/mol. The van der Waals surface area contributed by atoms with Gasteiger partial charge in [-0.05, 0) is 37.5 Å². The van der Waals surface area contributed by atoms with Crippen LogP contribution in [0.5, 0.6) is 0 Å². The third-order valence-electron chi connectivity index (χ3n) is 2.94. The van der Waals surface area contributed by atoms with Gasteiger partial charge in [-0.2, -0.15) is 0 Å². The van der Waals surface area contributed by atoms with Gasteiger partial charge in [0.25, 0.3) is 5.91 Å². The van der Waals surface area contributed by atoms with Crippen LogP contribution in [-0.4, -0.2) is 34.5 Å². The van der Waals surface area contributed by atoms with Crippen LogP contribution in [0, 0.1) is 0 Å². The van der Waals surface area contributed by atoms with Crippen LogP contribution in [0.4, 0.5) is 0 Å². The number of carboxylic acids is 1. The molecule has 102 valence electrons. The summed E-state index contributed by atoms with van der Waals surface area (Å²) < 4.78 is 0. The largest absolute Gasteiger partial charge is 0.478 e. The molecule has 1 N–H and O–H groups in total. The molecule has 0 saturated heterocycles. The van der Waals surface area contributed by atoms with Gasteiger partial charge in [0.05, 0.1) is 4.88 Å². The zero-order chi connectivity index (χ0) is 13.8. The van der Waals surface area contributed by atoms with Gasteiger partial charge in [-0.25, -0.2) is 4.79 Å². The minimum atomic E-state index is -0.980. The summed E-state index contributed by atoms with van der Waals surface area (Å²) in [6.45, 7) is 2.86. The lowest BCUT2D eigenvalue weighted by Gasteiger charge is -2.20. The molecule has 1 aromatic heterocycles. The minimum absolute atomic E-state index is 0.0734. The van der Waals surface area contributed by atoms with E-state index in [4.69, 9.17) is 5.11 Å². The first-order chi connectivity index (χ1) is 9.11. The summed E-state index contributed by atoms with van der Waals surface area (Å²) in [4.78, 5) is 26.2. The van der Waals surface area contributed by atoms with Crippen molar-refractivity contribution in [3.05, 3.63) is 28.0 Å². The molecule has 0 aliphatic heterocycles. The van der Waals surface area contributed by atoms with Crippen molar-refractivity contribution in [2.75, 3.05) is 6.54 Å². The van der Waals surface area contributed by atoms with Gasteiger partial charge in [-0.15, -0.1) is 11.3 Å². The maximum atomic E-state index is 12.4. The summed E-state index contributed by atoms with van der Waals surface area (Å²) in [5, 5.41) is 8.57. The molecule has 1 saturated carbocycles. The van der Waals surface area contributed by atoms with Crippen molar-refractivity contribution >= 4 is 29.3 Å². The fourth-order valence-electron chi connectivity index (χ4n) is 1.93. The van der Waals surface area contributed by atoms with Gasteiger partial charge < -0.3 is 10.0 Å². The van der Waals surface area contributed by atoms with E-state index in [1.54, 1.807) is 12.1 Å². The standard InChI is InChI=1S/C14H17NO3S/c1-2-9-15(10-3-4-10)14(18)12-7-5-11(19-12)6-8-13(16)17/h5-8,10H,2-4,9H2,1H3,(H,16,17). The molecule has 19 heavy (non-hydrogen) atoms. The zero-order valence-corrected chi connectivity index (χ0v) is 11.7. The molecule has 0 atom stereocenters. The first kappa shape index (κ1) is 13.8. The highest BCUT2D eigenvalue weighted by Gasteiger charge is 2.32. The Morgan fingerprint density at radius 1 is 1.47 bits per heavy atom. The highest BCUT2D eigenvalue weighted by atomic mass is 32.1. The van der Waals surface area contributed by atoms with Crippen LogP contribution in [0.15, 0.2) is 18.2 Å². The van der Waals surface area contributed by atoms with Crippen molar-refractivity contribution in [2.45, 2.75) is 32.2 Å². The third kappa shape index (κ3) is 3.67. The summed E-state index contributed by atoms with van der Waals surface area (Å²) in [7, 11) is 0. The average Bonchev–Trinajstić information content (AvgIpc) is 3.10. The van der Waals surface area contributed by atoms with E-state index in [-0.39, 0.29) is 5.91 Å². The fourth-order valence-corrected chi connectivity index (χ4v) is 2.80. The first-order valence-corrected chi connectivity index (χ1v) is 7.25. The molecule has 1 aromatic rings. The molecule has 0 aromatic carbocycles. The smallest absolute Gasteiger partial charge is 0.328 e. The normalized spacial score (nSPS) is 14.8. The summed E-state index contributed by atoms with van der Waals surface area (Å²) in [6.07, 6.45) is 5.76. The third-order valence-corrected chi connectivity index (χ3v) is 3.98. The number of carbonyl (C=O) groups excluding carboxylic acids is 1.